The quantitative estimate of drug-likeness (QED) is 0.738. The van der Waals surface area contributed by atoms with Crippen LogP contribution in [0.3, 0.4) is 0 Å². The molecule has 1 unspecified atom stereocenters. The number of aromatic nitrogens is 1. The van der Waals surface area contributed by atoms with Crippen LogP contribution in [0.2, 0.25) is 0 Å². The lowest BCUT2D eigenvalue weighted by atomic mass is 9.85. The molecule has 1 heterocycles. The topological polar surface area (TPSA) is 24.9 Å². The number of hydrogen-bond donors (Lipinski definition) is 1. The van der Waals surface area contributed by atoms with Crippen LogP contribution >= 0.6 is 11.3 Å². The molecule has 0 aliphatic rings. The molecule has 0 aromatic carbocycles. The summed E-state index contributed by atoms with van der Waals surface area (Å²) in [7, 11) is 0. The lowest BCUT2D eigenvalue weighted by Gasteiger charge is -2.25. The van der Waals surface area contributed by atoms with E-state index in [1.807, 2.05) is 11.6 Å². The summed E-state index contributed by atoms with van der Waals surface area (Å²) in [5.41, 5.74) is 3.15. The molecule has 0 amide bonds. The third-order valence-corrected chi connectivity index (χ3v) is 3.28. The standard InChI is InChI=1S/C13H22N2S/c1-5-13(4,9-14-7-11(2)3)6-12-8-16-10-15-12/h5,8,10-11,14H,1,6-7,9H2,2-4H3. The van der Waals surface area contributed by atoms with Gasteiger partial charge < -0.3 is 5.32 Å². The second-order valence-electron chi connectivity index (χ2n) is 5.04. The van der Waals surface area contributed by atoms with E-state index in [1.165, 1.54) is 5.69 Å². The van der Waals surface area contributed by atoms with Crippen molar-refractivity contribution in [2.24, 2.45) is 11.3 Å². The molecule has 1 aromatic rings. The maximum Gasteiger partial charge on any atom is 0.0794 e. The highest BCUT2D eigenvalue weighted by Crippen LogP contribution is 2.23. The van der Waals surface area contributed by atoms with E-state index < -0.39 is 0 Å². The molecule has 2 nitrogen and oxygen atoms in total. The first kappa shape index (κ1) is 13.4. The Kier molecular flexibility index (Phi) is 5.16. The summed E-state index contributed by atoms with van der Waals surface area (Å²) in [5.74, 6) is 0.688. The van der Waals surface area contributed by atoms with E-state index in [2.05, 4.69) is 43.0 Å². The maximum atomic E-state index is 4.34. The molecular formula is C13H22N2S. The smallest absolute Gasteiger partial charge is 0.0794 e. The average molecular weight is 238 g/mol. The zero-order valence-corrected chi connectivity index (χ0v) is 11.3. The fourth-order valence-electron chi connectivity index (χ4n) is 1.59. The molecular weight excluding hydrogens is 216 g/mol. The fourth-order valence-corrected chi connectivity index (χ4v) is 2.15. The summed E-state index contributed by atoms with van der Waals surface area (Å²) in [6.07, 6.45) is 3.00. The molecule has 90 valence electrons. The van der Waals surface area contributed by atoms with Gasteiger partial charge in [-0.2, -0.15) is 0 Å². The summed E-state index contributed by atoms with van der Waals surface area (Å²) in [6.45, 7) is 12.6. The van der Waals surface area contributed by atoms with Crippen LogP contribution in [0.15, 0.2) is 23.5 Å². The van der Waals surface area contributed by atoms with Crippen LogP contribution in [-0.4, -0.2) is 18.1 Å². The Morgan fingerprint density at radius 1 is 1.62 bits per heavy atom. The molecule has 1 aromatic heterocycles. The van der Waals surface area contributed by atoms with Crippen LogP contribution in [0.1, 0.15) is 26.5 Å². The molecule has 0 spiro atoms. The van der Waals surface area contributed by atoms with Gasteiger partial charge in [0.2, 0.25) is 0 Å². The largest absolute Gasteiger partial charge is 0.316 e. The van der Waals surface area contributed by atoms with E-state index in [9.17, 15) is 0 Å². The number of thiazole rings is 1. The molecule has 16 heavy (non-hydrogen) atoms. The van der Waals surface area contributed by atoms with Crippen LogP contribution in [0.25, 0.3) is 0 Å². The van der Waals surface area contributed by atoms with Crippen LogP contribution in [0, 0.1) is 11.3 Å². The Bertz CT molecular complexity index is 306. The first-order chi connectivity index (χ1) is 7.56. The molecule has 0 radical (unpaired) electrons. The minimum atomic E-state index is 0.100. The van der Waals surface area contributed by atoms with Gasteiger partial charge in [-0.05, 0) is 12.5 Å². The van der Waals surface area contributed by atoms with Crippen molar-refractivity contribution >= 4 is 11.3 Å². The molecule has 0 fully saturated rings. The third-order valence-electron chi connectivity index (χ3n) is 2.64. The van der Waals surface area contributed by atoms with Crippen molar-refractivity contribution in [2.45, 2.75) is 27.2 Å². The van der Waals surface area contributed by atoms with Crippen LogP contribution < -0.4 is 5.32 Å². The predicted octanol–water partition coefficient (Wildman–Crippen LogP) is 3.12. The molecule has 0 aliphatic heterocycles. The van der Waals surface area contributed by atoms with Crippen molar-refractivity contribution in [1.82, 2.24) is 10.3 Å². The van der Waals surface area contributed by atoms with Gasteiger partial charge in [0.1, 0.15) is 0 Å². The number of hydrogen-bond acceptors (Lipinski definition) is 3. The molecule has 1 atom stereocenters. The van der Waals surface area contributed by atoms with Crippen molar-refractivity contribution in [1.29, 1.82) is 0 Å². The third kappa shape index (κ3) is 4.45. The second kappa shape index (κ2) is 6.16. The Morgan fingerprint density at radius 2 is 2.38 bits per heavy atom. The zero-order chi connectivity index (χ0) is 12.0. The second-order valence-corrected chi connectivity index (χ2v) is 5.76. The molecule has 0 saturated carbocycles. The number of nitrogens with zero attached hydrogens (tertiary/aromatic N) is 1. The molecule has 0 aliphatic carbocycles. The fraction of sp³-hybridized carbons (Fsp3) is 0.615. The van der Waals surface area contributed by atoms with E-state index in [0.29, 0.717) is 5.92 Å². The monoisotopic (exact) mass is 238 g/mol. The van der Waals surface area contributed by atoms with Gasteiger partial charge in [0.25, 0.3) is 0 Å². The minimum Gasteiger partial charge on any atom is -0.316 e. The lowest BCUT2D eigenvalue weighted by Crippen LogP contribution is -2.34. The van der Waals surface area contributed by atoms with Crippen molar-refractivity contribution in [2.75, 3.05) is 13.1 Å². The van der Waals surface area contributed by atoms with Crippen molar-refractivity contribution in [3.8, 4) is 0 Å². The normalized spacial score (nSPS) is 15.0. The van der Waals surface area contributed by atoms with Gasteiger partial charge in [0, 0.05) is 23.8 Å². The van der Waals surface area contributed by atoms with Gasteiger partial charge in [0.05, 0.1) is 11.2 Å². The Labute approximate surface area is 103 Å². The SMILES string of the molecule is C=CC(C)(CNCC(C)C)Cc1cscn1. The van der Waals surface area contributed by atoms with E-state index >= 15 is 0 Å². The first-order valence-corrected chi connectivity index (χ1v) is 6.71. The molecule has 0 saturated heterocycles. The zero-order valence-electron chi connectivity index (χ0n) is 10.5. The van der Waals surface area contributed by atoms with Crippen LogP contribution in [0.4, 0.5) is 0 Å². The van der Waals surface area contributed by atoms with E-state index in [0.717, 1.165) is 19.5 Å². The molecule has 1 N–H and O–H groups in total. The van der Waals surface area contributed by atoms with Gasteiger partial charge in [-0.15, -0.1) is 17.9 Å². The van der Waals surface area contributed by atoms with Gasteiger partial charge >= 0.3 is 0 Å². The summed E-state index contributed by atoms with van der Waals surface area (Å²) in [4.78, 5) is 4.34. The average Bonchev–Trinajstić information content (AvgIpc) is 2.69. The highest BCUT2D eigenvalue weighted by atomic mass is 32.1. The Morgan fingerprint density at radius 3 is 2.88 bits per heavy atom. The van der Waals surface area contributed by atoms with E-state index in [4.69, 9.17) is 0 Å². The molecule has 1 rings (SSSR count). The van der Waals surface area contributed by atoms with Crippen LogP contribution in [-0.2, 0) is 6.42 Å². The summed E-state index contributed by atoms with van der Waals surface area (Å²) < 4.78 is 0. The highest BCUT2D eigenvalue weighted by Gasteiger charge is 2.21. The van der Waals surface area contributed by atoms with E-state index in [1.54, 1.807) is 11.3 Å². The molecule has 0 bridgehead atoms. The lowest BCUT2D eigenvalue weighted by molar-refractivity contribution is 0.375. The highest BCUT2D eigenvalue weighted by molar-refractivity contribution is 7.07. The summed E-state index contributed by atoms with van der Waals surface area (Å²) in [5, 5.41) is 5.61. The van der Waals surface area contributed by atoms with Crippen molar-refractivity contribution in [3.05, 3.63) is 29.2 Å². The van der Waals surface area contributed by atoms with Gasteiger partial charge in [-0.25, -0.2) is 4.98 Å². The van der Waals surface area contributed by atoms with Gasteiger partial charge in [-0.3, -0.25) is 0 Å². The summed E-state index contributed by atoms with van der Waals surface area (Å²) >= 11 is 1.65. The number of rotatable bonds is 7. The van der Waals surface area contributed by atoms with Crippen LogP contribution in [0.5, 0.6) is 0 Å². The Hall–Kier alpha value is -0.670. The Balaban J connectivity index is 2.46. The van der Waals surface area contributed by atoms with Gasteiger partial charge in [0.15, 0.2) is 0 Å². The van der Waals surface area contributed by atoms with E-state index in [-0.39, 0.29) is 5.41 Å². The van der Waals surface area contributed by atoms with Crippen molar-refractivity contribution in [3.63, 3.8) is 0 Å². The number of nitrogens with one attached hydrogen (secondary N) is 1. The predicted molar refractivity (Wildman–Crippen MR) is 71.8 cm³/mol. The first-order valence-electron chi connectivity index (χ1n) is 5.77. The molecule has 3 heteroatoms. The minimum absolute atomic E-state index is 0.100. The summed E-state index contributed by atoms with van der Waals surface area (Å²) in [6, 6.07) is 0. The maximum absolute atomic E-state index is 4.34. The van der Waals surface area contributed by atoms with Crippen molar-refractivity contribution < 1.29 is 0 Å². The van der Waals surface area contributed by atoms with Gasteiger partial charge in [-0.1, -0.05) is 26.8 Å².